The first-order chi connectivity index (χ1) is 14.5. The van der Waals surface area contributed by atoms with Crippen molar-refractivity contribution in [2.45, 2.75) is 50.9 Å². The fourth-order valence-electron chi connectivity index (χ4n) is 3.16. The number of benzene rings is 3. The third-order valence-corrected chi connectivity index (χ3v) is 6.06. The number of hydrogen-bond donors (Lipinski definition) is 1. The lowest BCUT2D eigenvalue weighted by molar-refractivity contribution is -0.122. The molecule has 3 nitrogen and oxygen atoms in total. The molecule has 4 heteroatoms. The SMILES string of the molecule is CCC(Oc1cc(C)ccc1C)C(=O)Nc1ccc(CSc2ccccc2)cc1C. The van der Waals surface area contributed by atoms with Crippen LogP contribution in [0.5, 0.6) is 5.75 Å². The molecule has 0 aromatic heterocycles. The number of nitrogens with one attached hydrogen (secondary N) is 1. The lowest BCUT2D eigenvalue weighted by Gasteiger charge is -2.20. The summed E-state index contributed by atoms with van der Waals surface area (Å²) in [5.41, 5.74) is 5.26. The Kier molecular flexibility index (Phi) is 7.58. The Labute approximate surface area is 183 Å². The average Bonchev–Trinajstić information content (AvgIpc) is 2.75. The fraction of sp³-hybridized carbons (Fsp3) is 0.269. The van der Waals surface area contributed by atoms with Crippen molar-refractivity contribution in [1.29, 1.82) is 0 Å². The van der Waals surface area contributed by atoms with Crippen LogP contribution < -0.4 is 10.1 Å². The molecule has 0 bridgehead atoms. The van der Waals surface area contributed by atoms with E-state index < -0.39 is 6.10 Å². The number of aryl methyl sites for hydroxylation is 3. The van der Waals surface area contributed by atoms with Gasteiger partial charge < -0.3 is 10.1 Å². The van der Waals surface area contributed by atoms with E-state index in [1.54, 1.807) is 11.8 Å². The maximum atomic E-state index is 12.9. The number of ether oxygens (including phenoxy) is 1. The van der Waals surface area contributed by atoms with Gasteiger partial charge in [-0.2, -0.15) is 0 Å². The Morgan fingerprint density at radius 3 is 2.43 bits per heavy atom. The molecule has 3 aromatic carbocycles. The van der Waals surface area contributed by atoms with Gasteiger partial charge in [0.15, 0.2) is 6.10 Å². The first kappa shape index (κ1) is 22.0. The van der Waals surface area contributed by atoms with Crippen LogP contribution in [0.3, 0.4) is 0 Å². The van der Waals surface area contributed by atoms with Crippen molar-refractivity contribution in [3.05, 3.63) is 89.0 Å². The van der Waals surface area contributed by atoms with Crippen molar-refractivity contribution < 1.29 is 9.53 Å². The summed E-state index contributed by atoms with van der Waals surface area (Å²) < 4.78 is 6.05. The number of carbonyl (C=O) groups is 1. The Balaban J connectivity index is 1.64. The quantitative estimate of drug-likeness (QED) is 0.413. The molecule has 1 unspecified atom stereocenters. The minimum absolute atomic E-state index is 0.118. The highest BCUT2D eigenvalue weighted by molar-refractivity contribution is 7.98. The van der Waals surface area contributed by atoms with Crippen LogP contribution in [0.15, 0.2) is 71.6 Å². The molecule has 0 radical (unpaired) electrons. The lowest BCUT2D eigenvalue weighted by Crippen LogP contribution is -2.32. The van der Waals surface area contributed by atoms with Crippen LogP contribution in [0.2, 0.25) is 0 Å². The summed E-state index contributed by atoms with van der Waals surface area (Å²) in [4.78, 5) is 14.1. The molecule has 1 amide bonds. The molecule has 0 aliphatic heterocycles. The van der Waals surface area contributed by atoms with Gasteiger partial charge in [-0.3, -0.25) is 4.79 Å². The monoisotopic (exact) mass is 419 g/mol. The zero-order valence-corrected chi connectivity index (χ0v) is 18.9. The van der Waals surface area contributed by atoms with Crippen molar-refractivity contribution >= 4 is 23.4 Å². The number of hydrogen-bond acceptors (Lipinski definition) is 3. The van der Waals surface area contributed by atoms with E-state index in [9.17, 15) is 4.79 Å². The van der Waals surface area contributed by atoms with Gasteiger partial charge in [0.25, 0.3) is 5.91 Å². The lowest BCUT2D eigenvalue weighted by atomic mass is 10.1. The van der Waals surface area contributed by atoms with E-state index in [-0.39, 0.29) is 5.91 Å². The topological polar surface area (TPSA) is 38.3 Å². The van der Waals surface area contributed by atoms with Gasteiger partial charge in [-0.25, -0.2) is 0 Å². The van der Waals surface area contributed by atoms with Crippen LogP contribution in [0.4, 0.5) is 5.69 Å². The second-order valence-corrected chi connectivity index (χ2v) is 8.57. The molecule has 156 valence electrons. The van der Waals surface area contributed by atoms with E-state index in [2.05, 4.69) is 41.7 Å². The molecular weight excluding hydrogens is 390 g/mol. The summed E-state index contributed by atoms with van der Waals surface area (Å²) in [6, 6.07) is 22.6. The summed E-state index contributed by atoms with van der Waals surface area (Å²) in [7, 11) is 0. The van der Waals surface area contributed by atoms with Gasteiger partial charge in [0, 0.05) is 16.3 Å². The fourth-order valence-corrected chi connectivity index (χ4v) is 4.02. The highest BCUT2D eigenvalue weighted by Gasteiger charge is 2.20. The number of thioether (sulfide) groups is 1. The minimum atomic E-state index is -0.529. The summed E-state index contributed by atoms with van der Waals surface area (Å²) in [6.45, 7) is 8.01. The summed E-state index contributed by atoms with van der Waals surface area (Å²) in [5, 5.41) is 3.05. The molecule has 0 aliphatic carbocycles. The van der Waals surface area contributed by atoms with Crippen molar-refractivity contribution in [2.24, 2.45) is 0 Å². The summed E-state index contributed by atoms with van der Waals surface area (Å²) >= 11 is 1.81. The van der Waals surface area contributed by atoms with E-state index in [4.69, 9.17) is 4.74 Å². The van der Waals surface area contributed by atoms with Gasteiger partial charge in [0.05, 0.1) is 0 Å². The van der Waals surface area contributed by atoms with Crippen molar-refractivity contribution in [1.82, 2.24) is 0 Å². The Morgan fingerprint density at radius 2 is 1.73 bits per heavy atom. The molecule has 3 aromatic rings. The van der Waals surface area contributed by atoms with Crippen LogP contribution in [0.1, 0.15) is 35.6 Å². The second kappa shape index (κ2) is 10.4. The Bertz CT molecular complexity index is 1000. The van der Waals surface area contributed by atoms with E-state index in [0.717, 1.165) is 33.9 Å². The largest absolute Gasteiger partial charge is 0.480 e. The van der Waals surface area contributed by atoms with E-state index in [0.29, 0.717) is 6.42 Å². The maximum absolute atomic E-state index is 12.9. The van der Waals surface area contributed by atoms with E-state index in [1.807, 2.05) is 58.0 Å². The predicted molar refractivity (Wildman–Crippen MR) is 126 cm³/mol. The summed E-state index contributed by atoms with van der Waals surface area (Å²) in [5.74, 6) is 1.54. The van der Waals surface area contributed by atoms with Gasteiger partial charge in [-0.1, -0.05) is 49.4 Å². The standard InChI is InChI=1S/C26H29NO2S/c1-5-24(29-25-15-18(2)11-12-19(25)3)26(28)27-23-14-13-21(16-20(23)4)17-30-22-9-7-6-8-10-22/h6-16,24H,5,17H2,1-4H3,(H,27,28). The van der Waals surface area contributed by atoms with Gasteiger partial charge in [-0.15, -0.1) is 11.8 Å². The normalized spacial score (nSPS) is 11.7. The molecule has 1 N–H and O–H groups in total. The molecule has 1 atom stereocenters. The second-order valence-electron chi connectivity index (χ2n) is 7.52. The van der Waals surface area contributed by atoms with Crippen molar-refractivity contribution in [2.75, 3.05) is 5.32 Å². The molecule has 30 heavy (non-hydrogen) atoms. The first-order valence-corrected chi connectivity index (χ1v) is 11.3. The minimum Gasteiger partial charge on any atom is -0.480 e. The van der Waals surface area contributed by atoms with E-state index >= 15 is 0 Å². The number of carbonyl (C=O) groups excluding carboxylic acids is 1. The summed E-state index contributed by atoms with van der Waals surface area (Å²) in [6.07, 6.45) is 0.0718. The number of anilines is 1. The van der Waals surface area contributed by atoms with Gasteiger partial charge in [-0.05, 0) is 73.7 Å². The third kappa shape index (κ3) is 5.90. The van der Waals surface area contributed by atoms with E-state index in [1.165, 1.54) is 10.5 Å². The Hall–Kier alpha value is -2.72. The maximum Gasteiger partial charge on any atom is 0.265 e. The molecule has 3 rings (SSSR count). The van der Waals surface area contributed by atoms with Gasteiger partial charge in [0.1, 0.15) is 5.75 Å². The number of rotatable bonds is 8. The van der Waals surface area contributed by atoms with Gasteiger partial charge >= 0.3 is 0 Å². The molecule has 0 saturated carbocycles. The highest BCUT2D eigenvalue weighted by atomic mass is 32.2. The smallest absolute Gasteiger partial charge is 0.265 e. The Morgan fingerprint density at radius 1 is 0.967 bits per heavy atom. The van der Waals surface area contributed by atoms with Gasteiger partial charge in [0.2, 0.25) is 0 Å². The van der Waals surface area contributed by atoms with Crippen LogP contribution in [0, 0.1) is 20.8 Å². The molecule has 0 fully saturated rings. The van der Waals surface area contributed by atoms with Crippen LogP contribution in [0.25, 0.3) is 0 Å². The number of amides is 1. The molecule has 0 saturated heterocycles. The van der Waals surface area contributed by atoms with Crippen molar-refractivity contribution in [3.63, 3.8) is 0 Å². The molecule has 0 aliphatic rings. The molecular formula is C26H29NO2S. The highest BCUT2D eigenvalue weighted by Crippen LogP contribution is 2.26. The molecule has 0 heterocycles. The van der Waals surface area contributed by atoms with Crippen molar-refractivity contribution in [3.8, 4) is 5.75 Å². The molecule has 0 spiro atoms. The zero-order valence-electron chi connectivity index (χ0n) is 18.1. The third-order valence-electron chi connectivity index (χ3n) is 4.97. The zero-order chi connectivity index (χ0) is 21.5. The van der Waals surface area contributed by atoms with Crippen LogP contribution in [-0.4, -0.2) is 12.0 Å². The first-order valence-electron chi connectivity index (χ1n) is 10.3. The van der Waals surface area contributed by atoms with Crippen LogP contribution in [-0.2, 0) is 10.5 Å². The average molecular weight is 420 g/mol. The van der Waals surface area contributed by atoms with Crippen LogP contribution >= 0.6 is 11.8 Å². The predicted octanol–water partition coefficient (Wildman–Crippen LogP) is 6.70.